The van der Waals surface area contributed by atoms with Gasteiger partial charge in [0.05, 0.1) is 11.0 Å². The molecule has 4 rings (SSSR count). The molecule has 140 valence electrons. The molecule has 8 heteroatoms. The smallest absolute Gasteiger partial charge is 0.225 e. The number of aliphatic hydroxyl groups excluding tert-OH is 1. The molecule has 0 unspecified atom stereocenters. The number of anilines is 1. The molecule has 8 nitrogen and oxygen atoms in total. The monoisotopic (exact) mass is 366 g/mol. The van der Waals surface area contributed by atoms with Gasteiger partial charge in [-0.2, -0.15) is 0 Å². The van der Waals surface area contributed by atoms with Crippen LogP contribution in [-0.2, 0) is 17.9 Å². The average Bonchev–Trinajstić information content (AvgIpc) is 3.10. The van der Waals surface area contributed by atoms with Gasteiger partial charge in [-0.15, -0.1) is 0 Å². The molecule has 0 saturated carbocycles. The summed E-state index contributed by atoms with van der Waals surface area (Å²) >= 11 is 0. The van der Waals surface area contributed by atoms with Gasteiger partial charge in [0.25, 0.3) is 0 Å². The molecule has 27 heavy (non-hydrogen) atoms. The van der Waals surface area contributed by atoms with Gasteiger partial charge in [0.1, 0.15) is 12.4 Å². The maximum atomic E-state index is 12.7. The van der Waals surface area contributed by atoms with Crippen LogP contribution in [0.1, 0.15) is 12.2 Å². The van der Waals surface area contributed by atoms with Crippen molar-refractivity contribution >= 4 is 22.9 Å². The van der Waals surface area contributed by atoms with Crippen molar-refractivity contribution in [1.29, 1.82) is 0 Å². The van der Waals surface area contributed by atoms with Gasteiger partial charge >= 0.3 is 0 Å². The van der Waals surface area contributed by atoms with E-state index in [2.05, 4.69) is 19.9 Å². The van der Waals surface area contributed by atoms with E-state index in [9.17, 15) is 9.90 Å². The van der Waals surface area contributed by atoms with E-state index in [-0.39, 0.29) is 12.5 Å². The van der Waals surface area contributed by atoms with E-state index in [1.54, 1.807) is 18.5 Å². The van der Waals surface area contributed by atoms with Crippen molar-refractivity contribution in [3.05, 3.63) is 48.5 Å². The standard InChI is InChI=1S/C19H22N6O2/c26-14-17-22-15-4-1-2-5-16(15)25(17)9-6-18(27)23-10-12-24(13-11-23)19-20-7-3-8-21-19/h1-5,7-8,26H,6,9-14H2. The SMILES string of the molecule is O=C(CCn1c(CO)nc2ccccc21)N1CCN(c2ncccn2)CC1. The third kappa shape index (κ3) is 3.61. The predicted octanol–water partition coefficient (Wildman–Crippen LogP) is 1.06. The van der Waals surface area contributed by atoms with E-state index in [1.165, 1.54) is 0 Å². The first kappa shape index (κ1) is 17.4. The van der Waals surface area contributed by atoms with Crippen molar-refractivity contribution in [3.63, 3.8) is 0 Å². The summed E-state index contributed by atoms with van der Waals surface area (Å²) in [6, 6.07) is 9.53. The minimum absolute atomic E-state index is 0.116. The van der Waals surface area contributed by atoms with Crippen LogP contribution in [-0.4, -0.2) is 61.6 Å². The summed E-state index contributed by atoms with van der Waals surface area (Å²) in [5.41, 5.74) is 1.78. The van der Waals surface area contributed by atoms with Crippen LogP contribution in [0.25, 0.3) is 11.0 Å². The summed E-state index contributed by atoms with van der Waals surface area (Å²) in [6.07, 6.45) is 3.84. The number of hydrogen-bond donors (Lipinski definition) is 1. The summed E-state index contributed by atoms with van der Waals surface area (Å²) in [5.74, 6) is 1.42. The fourth-order valence-corrected chi connectivity index (χ4v) is 3.47. The predicted molar refractivity (Wildman–Crippen MR) is 101 cm³/mol. The first-order chi connectivity index (χ1) is 13.3. The molecule has 0 atom stereocenters. The molecule has 3 aromatic rings. The second kappa shape index (κ2) is 7.71. The van der Waals surface area contributed by atoms with Crippen molar-refractivity contribution in [2.75, 3.05) is 31.1 Å². The summed E-state index contributed by atoms with van der Waals surface area (Å²) < 4.78 is 1.93. The molecular formula is C19H22N6O2. The van der Waals surface area contributed by atoms with Gasteiger partial charge in [-0.25, -0.2) is 15.0 Å². The first-order valence-electron chi connectivity index (χ1n) is 9.11. The molecule has 0 aliphatic carbocycles. The number of fused-ring (bicyclic) bond motifs is 1. The zero-order valence-corrected chi connectivity index (χ0v) is 15.0. The van der Waals surface area contributed by atoms with E-state index >= 15 is 0 Å². The van der Waals surface area contributed by atoms with Crippen LogP contribution in [0.2, 0.25) is 0 Å². The fraction of sp³-hybridized carbons (Fsp3) is 0.368. The summed E-state index contributed by atoms with van der Waals surface area (Å²) in [4.78, 5) is 29.6. The van der Waals surface area contributed by atoms with Crippen LogP contribution >= 0.6 is 0 Å². The molecule has 1 fully saturated rings. The third-order valence-corrected chi connectivity index (χ3v) is 4.89. The Hall–Kier alpha value is -3.00. The van der Waals surface area contributed by atoms with Gasteiger partial charge in [0.15, 0.2) is 0 Å². The van der Waals surface area contributed by atoms with Crippen LogP contribution in [0.5, 0.6) is 0 Å². The Morgan fingerprint density at radius 3 is 2.52 bits per heavy atom. The van der Waals surface area contributed by atoms with Crippen LogP contribution in [0.15, 0.2) is 42.7 Å². The molecule has 2 aromatic heterocycles. The number of aryl methyl sites for hydroxylation is 1. The number of amides is 1. The van der Waals surface area contributed by atoms with E-state index in [4.69, 9.17) is 0 Å². The lowest BCUT2D eigenvalue weighted by molar-refractivity contribution is -0.131. The highest BCUT2D eigenvalue weighted by Crippen LogP contribution is 2.17. The third-order valence-electron chi connectivity index (χ3n) is 4.89. The lowest BCUT2D eigenvalue weighted by Crippen LogP contribution is -2.49. The number of piperazine rings is 1. The molecule has 0 radical (unpaired) electrons. The van der Waals surface area contributed by atoms with Crippen molar-refractivity contribution < 1.29 is 9.90 Å². The molecule has 1 aliphatic heterocycles. The molecule has 3 heterocycles. The number of carbonyl (C=O) groups is 1. The highest BCUT2D eigenvalue weighted by Gasteiger charge is 2.22. The van der Waals surface area contributed by atoms with Crippen LogP contribution < -0.4 is 4.90 Å². The zero-order chi connectivity index (χ0) is 18.6. The van der Waals surface area contributed by atoms with Crippen molar-refractivity contribution in [3.8, 4) is 0 Å². The second-order valence-electron chi connectivity index (χ2n) is 6.49. The quantitative estimate of drug-likeness (QED) is 0.726. The van der Waals surface area contributed by atoms with Gasteiger partial charge in [0, 0.05) is 51.5 Å². The second-order valence-corrected chi connectivity index (χ2v) is 6.49. The average molecular weight is 366 g/mol. The molecule has 1 N–H and O–H groups in total. The maximum Gasteiger partial charge on any atom is 0.225 e. The molecule has 1 amide bonds. The Morgan fingerprint density at radius 1 is 1.04 bits per heavy atom. The van der Waals surface area contributed by atoms with E-state index in [0.717, 1.165) is 24.1 Å². The number of benzene rings is 1. The van der Waals surface area contributed by atoms with Crippen molar-refractivity contribution in [2.45, 2.75) is 19.6 Å². The maximum absolute atomic E-state index is 12.7. The van der Waals surface area contributed by atoms with Gasteiger partial charge in [-0.3, -0.25) is 4.79 Å². The van der Waals surface area contributed by atoms with Gasteiger partial charge in [-0.05, 0) is 18.2 Å². The highest BCUT2D eigenvalue weighted by atomic mass is 16.3. The van der Waals surface area contributed by atoms with E-state index in [0.29, 0.717) is 37.8 Å². The minimum atomic E-state index is -0.140. The fourth-order valence-electron chi connectivity index (χ4n) is 3.47. The number of nitrogens with zero attached hydrogens (tertiary/aromatic N) is 6. The van der Waals surface area contributed by atoms with Gasteiger partial charge in [0.2, 0.25) is 11.9 Å². The Balaban J connectivity index is 1.37. The van der Waals surface area contributed by atoms with Crippen molar-refractivity contribution in [1.82, 2.24) is 24.4 Å². The molecule has 0 bridgehead atoms. The zero-order valence-electron chi connectivity index (χ0n) is 15.0. The molecule has 0 spiro atoms. The number of imidazole rings is 1. The van der Waals surface area contributed by atoms with Crippen LogP contribution in [0.4, 0.5) is 5.95 Å². The molecule has 1 aliphatic rings. The molecule has 1 aromatic carbocycles. The van der Waals surface area contributed by atoms with E-state index in [1.807, 2.05) is 33.7 Å². The number of aliphatic hydroxyl groups is 1. The Labute approximate surface area is 157 Å². The summed E-state index contributed by atoms with van der Waals surface area (Å²) in [5, 5.41) is 9.57. The van der Waals surface area contributed by atoms with Gasteiger partial charge in [-0.1, -0.05) is 12.1 Å². The number of para-hydroxylation sites is 2. The van der Waals surface area contributed by atoms with Crippen LogP contribution in [0.3, 0.4) is 0 Å². The number of rotatable bonds is 5. The Kier molecular flexibility index (Phi) is 4.97. The van der Waals surface area contributed by atoms with E-state index < -0.39 is 0 Å². The number of hydrogen-bond acceptors (Lipinski definition) is 6. The topological polar surface area (TPSA) is 87.4 Å². The van der Waals surface area contributed by atoms with Crippen LogP contribution in [0, 0.1) is 0 Å². The highest BCUT2D eigenvalue weighted by molar-refractivity contribution is 5.78. The molecular weight excluding hydrogens is 344 g/mol. The molecule has 1 saturated heterocycles. The summed E-state index contributed by atoms with van der Waals surface area (Å²) in [7, 11) is 0. The Bertz CT molecular complexity index is 918. The normalized spacial score (nSPS) is 14.7. The lowest BCUT2D eigenvalue weighted by atomic mass is 10.2. The largest absolute Gasteiger partial charge is 0.388 e. The number of aromatic nitrogens is 4. The lowest BCUT2D eigenvalue weighted by Gasteiger charge is -2.34. The van der Waals surface area contributed by atoms with Crippen molar-refractivity contribution in [2.24, 2.45) is 0 Å². The summed E-state index contributed by atoms with van der Waals surface area (Å²) in [6.45, 7) is 3.15. The Morgan fingerprint density at radius 2 is 1.78 bits per heavy atom. The number of carbonyl (C=O) groups excluding carboxylic acids is 1. The first-order valence-corrected chi connectivity index (χ1v) is 9.11. The minimum Gasteiger partial charge on any atom is -0.388 e. The van der Waals surface area contributed by atoms with Gasteiger partial charge < -0.3 is 19.5 Å².